The van der Waals surface area contributed by atoms with Gasteiger partial charge in [0, 0.05) is 6.08 Å². The molecule has 1 aromatic rings. The Morgan fingerprint density at radius 1 is 1.03 bits per heavy atom. The van der Waals surface area contributed by atoms with Crippen LogP contribution in [0, 0.1) is 5.92 Å². The standard InChI is InChI=1S/C24H39N3O2/c1-2-3-4-5-6-8-12-21(17-20-13-9-7-10-14-20)15-11-16-22(18-23(28)29)19-27-24(25)26/h7,9-10,13-14,18,21H,2-6,8,11-12,15-17,19H2,1H3,(H,28,29)(H4,25,26,27)/t21-/m1/s1. The second kappa shape index (κ2) is 15.6. The van der Waals surface area contributed by atoms with E-state index in [2.05, 4.69) is 42.2 Å². The van der Waals surface area contributed by atoms with Crippen LogP contribution >= 0.6 is 0 Å². The Morgan fingerprint density at radius 3 is 2.34 bits per heavy atom. The minimum atomic E-state index is -0.946. The topological polar surface area (TPSA) is 102 Å². The van der Waals surface area contributed by atoms with Crippen molar-refractivity contribution in [2.75, 3.05) is 6.54 Å². The lowest BCUT2D eigenvalue weighted by Crippen LogP contribution is -2.23. The van der Waals surface area contributed by atoms with Crippen LogP contribution in [-0.2, 0) is 11.2 Å². The van der Waals surface area contributed by atoms with E-state index >= 15 is 0 Å². The molecule has 1 aromatic carbocycles. The Morgan fingerprint density at radius 2 is 1.69 bits per heavy atom. The third-order valence-corrected chi connectivity index (χ3v) is 5.24. The molecule has 1 rings (SSSR count). The molecular formula is C24H39N3O2. The quantitative estimate of drug-likeness (QED) is 0.156. The molecule has 0 unspecified atom stereocenters. The maximum absolute atomic E-state index is 11.1. The van der Waals surface area contributed by atoms with E-state index < -0.39 is 5.97 Å². The molecule has 5 heteroatoms. The van der Waals surface area contributed by atoms with Crippen molar-refractivity contribution in [2.24, 2.45) is 22.4 Å². The lowest BCUT2D eigenvalue weighted by atomic mass is 9.88. The summed E-state index contributed by atoms with van der Waals surface area (Å²) in [7, 11) is 0. The Bertz CT molecular complexity index is 622. The van der Waals surface area contributed by atoms with Gasteiger partial charge in [-0.15, -0.1) is 0 Å². The first kappa shape index (κ1) is 24.7. The van der Waals surface area contributed by atoms with Crippen molar-refractivity contribution in [3.05, 3.63) is 47.5 Å². The average molecular weight is 402 g/mol. The number of benzene rings is 1. The third kappa shape index (κ3) is 13.5. The normalized spacial score (nSPS) is 12.5. The van der Waals surface area contributed by atoms with E-state index in [1.807, 2.05) is 0 Å². The first-order valence-corrected chi connectivity index (χ1v) is 11.0. The molecule has 1 atom stereocenters. The molecule has 5 nitrogen and oxygen atoms in total. The van der Waals surface area contributed by atoms with Crippen LogP contribution in [-0.4, -0.2) is 23.6 Å². The second-order valence-electron chi connectivity index (χ2n) is 7.89. The maximum Gasteiger partial charge on any atom is 0.328 e. The first-order valence-electron chi connectivity index (χ1n) is 11.0. The number of carboxylic acid groups (broad SMARTS) is 1. The zero-order valence-corrected chi connectivity index (χ0v) is 18.0. The molecule has 0 spiro atoms. The molecule has 5 N–H and O–H groups in total. The number of aliphatic carboxylic acids is 1. The fourth-order valence-electron chi connectivity index (χ4n) is 3.69. The highest BCUT2D eigenvalue weighted by Crippen LogP contribution is 2.23. The van der Waals surface area contributed by atoms with E-state index in [0.717, 1.165) is 24.8 Å². The number of carbonyl (C=O) groups is 1. The van der Waals surface area contributed by atoms with Gasteiger partial charge in [-0.05, 0) is 42.7 Å². The van der Waals surface area contributed by atoms with Gasteiger partial charge in [0.15, 0.2) is 5.96 Å². The zero-order valence-electron chi connectivity index (χ0n) is 18.0. The number of rotatable bonds is 16. The number of guanidine groups is 1. The van der Waals surface area contributed by atoms with E-state index in [0.29, 0.717) is 12.3 Å². The monoisotopic (exact) mass is 401 g/mol. The molecule has 0 radical (unpaired) electrons. The molecule has 29 heavy (non-hydrogen) atoms. The van der Waals surface area contributed by atoms with Crippen molar-refractivity contribution in [1.29, 1.82) is 0 Å². The van der Waals surface area contributed by atoms with Crippen LogP contribution in [0.5, 0.6) is 0 Å². The molecular weight excluding hydrogens is 362 g/mol. The summed E-state index contributed by atoms with van der Waals surface area (Å²) in [5, 5.41) is 9.07. The van der Waals surface area contributed by atoms with Gasteiger partial charge in [0.05, 0.1) is 6.54 Å². The van der Waals surface area contributed by atoms with Gasteiger partial charge in [0.1, 0.15) is 0 Å². The molecule has 0 aromatic heterocycles. The fourth-order valence-corrected chi connectivity index (χ4v) is 3.69. The number of nitrogens with two attached hydrogens (primary N) is 2. The van der Waals surface area contributed by atoms with Crippen molar-refractivity contribution in [3.8, 4) is 0 Å². The van der Waals surface area contributed by atoms with Crippen molar-refractivity contribution in [3.63, 3.8) is 0 Å². The molecule has 0 saturated carbocycles. The van der Waals surface area contributed by atoms with Gasteiger partial charge in [-0.2, -0.15) is 0 Å². The molecule has 0 heterocycles. The van der Waals surface area contributed by atoms with Gasteiger partial charge >= 0.3 is 5.97 Å². The summed E-state index contributed by atoms with van der Waals surface area (Å²) < 4.78 is 0. The van der Waals surface area contributed by atoms with Crippen LogP contribution in [0.2, 0.25) is 0 Å². The van der Waals surface area contributed by atoms with E-state index in [-0.39, 0.29) is 12.5 Å². The number of nitrogens with zero attached hydrogens (tertiary/aromatic N) is 1. The van der Waals surface area contributed by atoms with E-state index in [1.54, 1.807) is 0 Å². The Hall–Kier alpha value is -2.30. The summed E-state index contributed by atoms with van der Waals surface area (Å²) in [5.74, 6) is -0.331. The summed E-state index contributed by atoms with van der Waals surface area (Å²) in [6.45, 7) is 2.51. The Labute approximate surface area is 176 Å². The van der Waals surface area contributed by atoms with Crippen molar-refractivity contribution < 1.29 is 9.90 Å². The molecule has 0 aliphatic heterocycles. The van der Waals surface area contributed by atoms with E-state index in [1.165, 1.54) is 56.6 Å². The molecule has 0 aliphatic carbocycles. The molecule has 0 bridgehead atoms. The second-order valence-corrected chi connectivity index (χ2v) is 7.89. The van der Waals surface area contributed by atoms with Gasteiger partial charge in [-0.3, -0.25) is 0 Å². The highest BCUT2D eigenvalue weighted by molar-refractivity contribution is 5.81. The smallest absolute Gasteiger partial charge is 0.328 e. The van der Waals surface area contributed by atoms with E-state index in [9.17, 15) is 4.79 Å². The van der Waals surface area contributed by atoms with Crippen molar-refractivity contribution >= 4 is 11.9 Å². The van der Waals surface area contributed by atoms with Crippen LogP contribution in [0.15, 0.2) is 47.0 Å². The number of hydrogen-bond acceptors (Lipinski definition) is 2. The zero-order chi connectivity index (χ0) is 21.3. The van der Waals surface area contributed by atoms with Gasteiger partial charge < -0.3 is 16.6 Å². The number of carboxylic acids is 1. The average Bonchev–Trinajstić information content (AvgIpc) is 2.68. The number of unbranched alkanes of at least 4 members (excludes halogenated alkanes) is 5. The lowest BCUT2D eigenvalue weighted by Gasteiger charge is -2.17. The first-order chi connectivity index (χ1) is 14.0. The predicted octanol–water partition coefficient (Wildman–Crippen LogP) is 5.05. The van der Waals surface area contributed by atoms with Crippen LogP contribution in [0.3, 0.4) is 0 Å². The SMILES string of the molecule is CCCCCCCC[C@H](CCCC(=CC(=O)O)CN=C(N)N)Cc1ccccc1. The summed E-state index contributed by atoms with van der Waals surface area (Å²) in [6.07, 6.45) is 14.2. The lowest BCUT2D eigenvalue weighted by molar-refractivity contribution is -0.131. The fraction of sp³-hybridized carbons (Fsp3) is 0.583. The van der Waals surface area contributed by atoms with Crippen molar-refractivity contribution in [2.45, 2.75) is 77.6 Å². The minimum absolute atomic E-state index is 0.00804. The van der Waals surface area contributed by atoms with Crippen LogP contribution in [0.1, 0.15) is 76.7 Å². The number of aliphatic imine (C=N–C) groups is 1. The summed E-state index contributed by atoms with van der Waals surface area (Å²) in [4.78, 5) is 15.0. The summed E-state index contributed by atoms with van der Waals surface area (Å²) >= 11 is 0. The van der Waals surface area contributed by atoms with Crippen molar-refractivity contribution in [1.82, 2.24) is 0 Å². The maximum atomic E-state index is 11.1. The Balaban J connectivity index is 2.55. The molecule has 0 amide bonds. The van der Waals surface area contributed by atoms with Gasteiger partial charge in [-0.1, -0.05) is 82.2 Å². The number of hydrogen-bond donors (Lipinski definition) is 3. The molecule has 162 valence electrons. The minimum Gasteiger partial charge on any atom is -0.478 e. The van der Waals surface area contributed by atoms with Crippen LogP contribution < -0.4 is 11.5 Å². The molecule has 0 fully saturated rings. The summed E-state index contributed by atoms with van der Waals surface area (Å²) in [6, 6.07) is 10.6. The van der Waals surface area contributed by atoms with Crippen LogP contribution in [0.4, 0.5) is 0 Å². The van der Waals surface area contributed by atoms with Crippen LogP contribution in [0.25, 0.3) is 0 Å². The van der Waals surface area contributed by atoms with E-state index in [4.69, 9.17) is 16.6 Å². The highest BCUT2D eigenvalue weighted by Gasteiger charge is 2.11. The van der Waals surface area contributed by atoms with Gasteiger partial charge in [0.25, 0.3) is 0 Å². The highest BCUT2D eigenvalue weighted by atomic mass is 16.4. The predicted molar refractivity (Wildman–Crippen MR) is 122 cm³/mol. The van der Waals surface area contributed by atoms with Gasteiger partial charge in [-0.25, -0.2) is 9.79 Å². The summed E-state index contributed by atoms with van der Waals surface area (Å²) in [5.41, 5.74) is 12.9. The molecule has 0 saturated heterocycles. The Kier molecular flexibility index (Phi) is 13.3. The largest absolute Gasteiger partial charge is 0.478 e. The third-order valence-electron chi connectivity index (χ3n) is 5.24. The molecule has 0 aliphatic rings. The van der Waals surface area contributed by atoms with Gasteiger partial charge in [0.2, 0.25) is 0 Å².